The van der Waals surface area contributed by atoms with Crippen molar-refractivity contribution in [1.29, 1.82) is 0 Å². The molecular formula is C66H53N3S. The molecule has 0 aliphatic heterocycles. The SMILES string of the molecule is CC(C)(C)c1cc(-c2ccccc2)c2c(c1)c1cc(C(C)(C)C)cc(-c3ccccc3)c1n2-c1c(-c2ccccc2)cc(-c2nc(-c3ccccc3)nc3c2sc2ccccc23)cc1-c1ccccc1. The molecule has 0 aliphatic rings. The van der Waals surface area contributed by atoms with Gasteiger partial charge in [-0.1, -0.05) is 211 Å². The average molecular weight is 920 g/mol. The quantitative estimate of drug-likeness (QED) is 0.159. The molecule has 0 saturated carbocycles. The number of aromatic nitrogens is 3. The van der Waals surface area contributed by atoms with Gasteiger partial charge >= 0.3 is 0 Å². The molecule has 12 rings (SSSR count). The van der Waals surface area contributed by atoms with Crippen molar-refractivity contribution in [2.75, 3.05) is 0 Å². The normalized spacial score (nSPS) is 12.1. The van der Waals surface area contributed by atoms with Crippen LogP contribution in [0.3, 0.4) is 0 Å². The van der Waals surface area contributed by atoms with E-state index in [4.69, 9.17) is 9.97 Å². The summed E-state index contributed by atoms with van der Waals surface area (Å²) in [4.78, 5) is 10.9. The highest BCUT2D eigenvalue weighted by atomic mass is 32.1. The lowest BCUT2D eigenvalue weighted by Gasteiger charge is -2.25. The summed E-state index contributed by atoms with van der Waals surface area (Å²) in [7, 11) is 0. The number of thiophene rings is 1. The summed E-state index contributed by atoms with van der Waals surface area (Å²) < 4.78 is 4.91. The van der Waals surface area contributed by atoms with E-state index in [2.05, 4.69) is 258 Å². The van der Waals surface area contributed by atoms with Gasteiger partial charge in [-0.05, 0) is 86.7 Å². The van der Waals surface area contributed by atoms with Crippen molar-refractivity contribution in [2.45, 2.75) is 52.4 Å². The molecule has 0 radical (unpaired) electrons. The molecule has 3 aromatic heterocycles. The largest absolute Gasteiger partial charge is 0.307 e. The molecule has 0 spiro atoms. The van der Waals surface area contributed by atoms with Crippen LogP contribution in [-0.4, -0.2) is 14.5 Å². The topological polar surface area (TPSA) is 30.7 Å². The highest BCUT2D eigenvalue weighted by molar-refractivity contribution is 7.26. The minimum Gasteiger partial charge on any atom is -0.307 e. The van der Waals surface area contributed by atoms with Crippen molar-refractivity contribution in [3.05, 3.63) is 223 Å². The van der Waals surface area contributed by atoms with Crippen molar-refractivity contribution in [3.63, 3.8) is 0 Å². The first-order valence-corrected chi connectivity index (χ1v) is 25.1. The summed E-state index contributed by atoms with van der Waals surface area (Å²) in [5, 5.41) is 3.62. The van der Waals surface area contributed by atoms with E-state index in [0.29, 0.717) is 5.82 Å². The van der Waals surface area contributed by atoms with E-state index in [1.807, 2.05) is 0 Å². The van der Waals surface area contributed by atoms with Crippen molar-refractivity contribution in [2.24, 2.45) is 0 Å². The fourth-order valence-electron chi connectivity index (χ4n) is 10.2. The average Bonchev–Trinajstić information content (AvgIpc) is 3.94. The molecule has 70 heavy (non-hydrogen) atoms. The smallest absolute Gasteiger partial charge is 0.160 e. The van der Waals surface area contributed by atoms with Gasteiger partial charge in [0.2, 0.25) is 0 Å². The Morgan fingerprint density at radius 2 is 0.771 bits per heavy atom. The van der Waals surface area contributed by atoms with E-state index in [1.165, 1.54) is 59.9 Å². The molecule has 0 atom stereocenters. The molecule has 0 aliphatic carbocycles. The van der Waals surface area contributed by atoms with Crippen LogP contribution in [0.2, 0.25) is 0 Å². The lowest BCUT2D eigenvalue weighted by molar-refractivity contribution is 0.590. The van der Waals surface area contributed by atoms with Gasteiger partial charge in [0.1, 0.15) is 0 Å². The van der Waals surface area contributed by atoms with E-state index < -0.39 is 0 Å². The standard InChI is InChI=1S/C66H53N3S/c1-65(2,3)48-38-53(44-28-16-9-17-29-44)61-55(40-48)56-41-49(66(4,5)6)39-54(45-30-18-10-19-31-45)62(56)69(61)60-51(42-24-12-7-13-25-42)36-47(37-52(60)43-26-14-8-15-27-43)58-63-59(50-34-22-23-35-57(50)70-63)68-64(67-58)46-32-20-11-21-33-46/h7-41H,1-6H3. The first-order valence-electron chi connectivity index (χ1n) is 24.3. The van der Waals surface area contributed by atoms with Gasteiger partial charge in [0.05, 0.1) is 32.6 Å². The summed E-state index contributed by atoms with van der Waals surface area (Å²) in [6.07, 6.45) is 0. The molecule has 0 fully saturated rings. The van der Waals surface area contributed by atoms with Crippen molar-refractivity contribution in [1.82, 2.24) is 14.5 Å². The molecule has 0 N–H and O–H groups in total. The van der Waals surface area contributed by atoms with Crippen molar-refractivity contribution in [3.8, 4) is 72.8 Å². The minimum absolute atomic E-state index is 0.115. The zero-order chi connectivity index (χ0) is 47.7. The molecule has 0 unspecified atom stereocenters. The second kappa shape index (κ2) is 16.9. The van der Waals surface area contributed by atoms with Crippen LogP contribution >= 0.6 is 11.3 Å². The van der Waals surface area contributed by atoms with Gasteiger partial charge in [-0.25, -0.2) is 9.97 Å². The Balaban J connectivity index is 1.32. The summed E-state index contributed by atoms with van der Waals surface area (Å²) in [5.41, 5.74) is 19.0. The third kappa shape index (κ3) is 7.51. The fraction of sp³-hybridized carbons (Fsp3) is 0.121. The van der Waals surface area contributed by atoms with Gasteiger partial charge in [-0.2, -0.15) is 0 Å². The van der Waals surface area contributed by atoms with Crippen LogP contribution in [0.5, 0.6) is 0 Å². The molecule has 0 amide bonds. The third-order valence-electron chi connectivity index (χ3n) is 13.9. The number of hydrogen-bond acceptors (Lipinski definition) is 3. The molecule has 9 aromatic carbocycles. The van der Waals surface area contributed by atoms with E-state index in [-0.39, 0.29) is 10.8 Å². The van der Waals surface area contributed by atoms with Crippen LogP contribution < -0.4 is 0 Å². The molecule has 3 heterocycles. The molecule has 0 bridgehead atoms. The number of benzene rings is 9. The Labute approximate surface area is 414 Å². The lowest BCUT2D eigenvalue weighted by atomic mass is 9.82. The number of hydrogen-bond donors (Lipinski definition) is 0. The van der Waals surface area contributed by atoms with Crippen LogP contribution in [0.1, 0.15) is 52.7 Å². The number of fused-ring (bicyclic) bond motifs is 6. The van der Waals surface area contributed by atoms with E-state index in [9.17, 15) is 0 Å². The van der Waals surface area contributed by atoms with E-state index in [1.54, 1.807) is 11.3 Å². The zero-order valence-electron chi connectivity index (χ0n) is 40.5. The van der Waals surface area contributed by atoms with Crippen LogP contribution in [0, 0.1) is 0 Å². The van der Waals surface area contributed by atoms with Crippen LogP contribution in [0.15, 0.2) is 212 Å². The molecule has 0 saturated heterocycles. The summed E-state index contributed by atoms with van der Waals surface area (Å²) >= 11 is 1.77. The monoisotopic (exact) mass is 919 g/mol. The highest BCUT2D eigenvalue weighted by Crippen LogP contribution is 2.51. The zero-order valence-corrected chi connectivity index (χ0v) is 41.3. The van der Waals surface area contributed by atoms with Gasteiger partial charge in [0.15, 0.2) is 5.82 Å². The lowest BCUT2D eigenvalue weighted by Crippen LogP contribution is -2.11. The maximum atomic E-state index is 5.56. The predicted molar refractivity (Wildman–Crippen MR) is 299 cm³/mol. The van der Waals surface area contributed by atoms with E-state index >= 15 is 0 Å². The molecule has 12 aromatic rings. The van der Waals surface area contributed by atoms with Crippen LogP contribution in [0.25, 0.3) is 115 Å². The Bertz CT molecular complexity index is 3740. The fourth-order valence-corrected chi connectivity index (χ4v) is 11.4. The third-order valence-corrected chi connectivity index (χ3v) is 15.1. The Morgan fingerprint density at radius 1 is 0.371 bits per heavy atom. The van der Waals surface area contributed by atoms with Crippen molar-refractivity contribution >= 4 is 53.4 Å². The second-order valence-electron chi connectivity index (χ2n) is 20.6. The number of nitrogens with zero attached hydrogens (tertiary/aromatic N) is 3. The maximum absolute atomic E-state index is 5.56. The first kappa shape index (κ1) is 43.4. The van der Waals surface area contributed by atoms with Gasteiger partial charge < -0.3 is 4.57 Å². The molecular weight excluding hydrogens is 867 g/mol. The predicted octanol–water partition coefficient (Wildman–Crippen LogP) is 18.5. The minimum atomic E-state index is -0.115. The number of rotatable bonds is 7. The first-order chi connectivity index (χ1) is 34.0. The Hall–Kier alpha value is -7.92. The molecule has 4 heteroatoms. The van der Waals surface area contributed by atoms with Crippen LogP contribution in [-0.2, 0) is 10.8 Å². The molecule has 338 valence electrons. The maximum Gasteiger partial charge on any atom is 0.160 e. The summed E-state index contributed by atoms with van der Waals surface area (Å²) in [6.45, 7) is 14.0. The van der Waals surface area contributed by atoms with Crippen LogP contribution in [0.4, 0.5) is 0 Å². The highest BCUT2D eigenvalue weighted by Gasteiger charge is 2.30. The van der Waals surface area contributed by atoms with E-state index in [0.717, 1.165) is 60.4 Å². The molecule has 3 nitrogen and oxygen atoms in total. The van der Waals surface area contributed by atoms with Gasteiger partial charge in [0, 0.05) is 54.2 Å². The summed E-state index contributed by atoms with van der Waals surface area (Å²) in [6, 6.07) is 77.7. The summed E-state index contributed by atoms with van der Waals surface area (Å²) in [5.74, 6) is 0.713. The van der Waals surface area contributed by atoms with Crippen molar-refractivity contribution < 1.29 is 0 Å². The van der Waals surface area contributed by atoms with Gasteiger partial charge in [-0.3, -0.25) is 0 Å². The van der Waals surface area contributed by atoms with Gasteiger partial charge in [0.25, 0.3) is 0 Å². The Kier molecular flexibility index (Phi) is 10.5. The van der Waals surface area contributed by atoms with Gasteiger partial charge in [-0.15, -0.1) is 11.3 Å². The second-order valence-corrected chi connectivity index (χ2v) is 21.6. The Morgan fingerprint density at radius 3 is 1.21 bits per heavy atom.